The number of aromatic nitrogens is 2. The van der Waals surface area contributed by atoms with Gasteiger partial charge in [0.2, 0.25) is 5.89 Å². The number of rotatable bonds is 2. The van der Waals surface area contributed by atoms with E-state index in [9.17, 15) is 0 Å². The monoisotopic (exact) mass is 399 g/mol. The molecule has 4 aliphatic rings. The van der Waals surface area contributed by atoms with E-state index in [0.29, 0.717) is 6.04 Å². The van der Waals surface area contributed by atoms with Crippen LogP contribution in [0.3, 0.4) is 0 Å². The van der Waals surface area contributed by atoms with Gasteiger partial charge in [0.15, 0.2) is 0 Å². The van der Waals surface area contributed by atoms with Gasteiger partial charge in [0.1, 0.15) is 11.5 Å². The standard InChI is InChI=1S/C26H29N3O/c1-2-26-13-7-14-28-15-12-18-17-8-3-5-10-20(17)29(23(18)24(26)28)21(16-26)25-27-19-9-4-6-11-22(19)30-25/h3,5,8,10,16,24H,2,4,6-7,9,11-15H2,1H3/t24-,26+/m1/s1. The van der Waals surface area contributed by atoms with Gasteiger partial charge in [0.25, 0.3) is 0 Å². The van der Waals surface area contributed by atoms with E-state index in [1.807, 2.05) is 0 Å². The number of para-hydroxylation sites is 1. The number of hydrogen-bond donors (Lipinski definition) is 0. The van der Waals surface area contributed by atoms with Gasteiger partial charge in [-0.15, -0.1) is 0 Å². The summed E-state index contributed by atoms with van der Waals surface area (Å²) < 4.78 is 8.99. The van der Waals surface area contributed by atoms with Gasteiger partial charge in [-0.2, -0.15) is 0 Å². The SMILES string of the molecule is CC[C@@]12C=C(c3nc4c(o3)CCCC4)n3c4c(c5ccccc53)CCN(CCC1)[C@H]42. The zero-order valence-corrected chi connectivity index (χ0v) is 17.8. The minimum absolute atomic E-state index is 0.183. The number of benzene rings is 1. The summed E-state index contributed by atoms with van der Waals surface area (Å²) in [6, 6.07) is 9.46. The maximum absolute atomic E-state index is 6.46. The van der Waals surface area contributed by atoms with E-state index in [4.69, 9.17) is 9.40 Å². The Morgan fingerprint density at radius 3 is 2.90 bits per heavy atom. The summed E-state index contributed by atoms with van der Waals surface area (Å²) in [7, 11) is 0. The molecule has 154 valence electrons. The van der Waals surface area contributed by atoms with Crippen molar-refractivity contribution in [1.29, 1.82) is 0 Å². The van der Waals surface area contributed by atoms with E-state index in [2.05, 4.69) is 46.7 Å². The van der Waals surface area contributed by atoms with Crippen LogP contribution >= 0.6 is 0 Å². The molecule has 2 aromatic heterocycles. The Labute approximate surface area is 177 Å². The van der Waals surface area contributed by atoms with Gasteiger partial charge in [0.05, 0.1) is 17.3 Å². The van der Waals surface area contributed by atoms with Crippen molar-refractivity contribution >= 4 is 16.6 Å². The van der Waals surface area contributed by atoms with Crippen molar-refractivity contribution < 1.29 is 4.42 Å². The number of piperidine rings is 1. The second-order valence-corrected chi connectivity index (χ2v) is 9.72. The summed E-state index contributed by atoms with van der Waals surface area (Å²) in [5, 5.41) is 1.42. The van der Waals surface area contributed by atoms with Crippen LogP contribution in [0.5, 0.6) is 0 Å². The number of fused-ring (bicyclic) bond motifs is 4. The summed E-state index contributed by atoms with van der Waals surface area (Å²) in [5.41, 5.74) is 6.99. The van der Waals surface area contributed by atoms with Crippen LogP contribution in [0.4, 0.5) is 0 Å². The maximum atomic E-state index is 6.46. The lowest BCUT2D eigenvalue weighted by Gasteiger charge is -2.53. The molecule has 0 radical (unpaired) electrons. The summed E-state index contributed by atoms with van der Waals surface area (Å²) in [6.07, 6.45) is 12.0. The fourth-order valence-corrected chi connectivity index (χ4v) is 6.90. The lowest BCUT2D eigenvalue weighted by Crippen LogP contribution is -2.50. The van der Waals surface area contributed by atoms with Gasteiger partial charge in [-0.05, 0) is 69.2 Å². The van der Waals surface area contributed by atoms with Crippen molar-refractivity contribution in [3.05, 3.63) is 58.9 Å². The van der Waals surface area contributed by atoms with Crippen molar-refractivity contribution in [3.63, 3.8) is 0 Å². The van der Waals surface area contributed by atoms with E-state index in [-0.39, 0.29) is 5.41 Å². The summed E-state index contributed by atoms with van der Waals surface area (Å²) in [5.74, 6) is 1.97. The first-order valence-electron chi connectivity index (χ1n) is 11.9. The molecule has 4 heteroatoms. The normalized spacial score (nSPS) is 27.6. The molecular weight excluding hydrogens is 370 g/mol. The highest BCUT2D eigenvalue weighted by Crippen LogP contribution is 2.57. The molecule has 3 aliphatic heterocycles. The van der Waals surface area contributed by atoms with Crippen molar-refractivity contribution in [2.45, 2.75) is 64.3 Å². The fourth-order valence-electron chi connectivity index (χ4n) is 6.90. The second kappa shape index (κ2) is 6.10. The third kappa shape index (κ3) is 2.13. The van der Waals surface area contributed by atoms with E-state index in [1.54, 1.807) is 5.56 Å². The third-order valence-corrected chi connectivity index (χ3v) is 8.31. The Hall–Kier alpha value is -2.33. The molecule has 0 spiro atoms. The zero-order chi connectivity index (χ0) is 19.9. The molecule has 0 bridgehead atoms. The molecule has 7 rings (SSSR count). The van der Waals surface area contributed by atoms with Crippen LogP contribution < -0.4 is 0 Å². The molecule has 30 heavy (non-hydrogen) atoms. The molecule has 1 aliphatic carbocycles. The first kappa shape index (κ1) is 17.4. The molecule has 1 fully saturated rings. The molecule has 1 saturated heterocycles. The summed E-state index contributed by atoms with van der Waals surface area (Å²) in [4.78, 5) is 7.82. The zero-order valence-electron chi connectivity index (χ0n) is 17.8. The molecule has 0 N–H and O–H groups in total. The number of oxazole rings is 1. The average Bonchev–Trinajstić information content (AvgIpc) is 3.38. The highest BCUT2D eigenvalue weighted by Gasteiger charge is 2.50. The van der Waals surface area contributed by atoms with Crippen LogP contribution in [0.15, 0.2) is 34.8 Å². The number of aryl methyl sites for hydroxylation is 2. The van der Waals surface area contributed by atoms with Gasteiger partial charge in [0, 0.05) is 29.5 Å². The van der Waals surface area contributed by atoms with Gasteiger partial charge in [-0.1, -0.05) is 25.1 Å². The highest BCUT2D eigenvalue weighted by molar-refractivity contribution is 5.91. The largest absolute Gasteiger partial charge is 0.440 e. The predicted molar refractivity (Wildman–Crippen MR) is 118 cm³/mol. The van der Waals surface area contributed by atoms with Crippen LogP contribution in [-0.4, -0.2) is 27.5 Å². The highest BCUT2D eigenvalue weighted by atomic mass is 16.4. The second-order valence-electron chi connectivity index (χ2n) is 9.72. The van der Waals surface area contributed by atoms with Gasteiger partial charge >= 0.3 is 0 Å². The third-order valence-electron chi connectivity index (χ3n) is 8.31. The fraction of sp³-hybridized carbons (Fsp3) is 0.500. The van der Waals surface area contributed by atoms with Gasteiger partial charge in [-0.25, -0.2) is 4.98 Å². The van der Waals surface area contributed by atoms with Crippen LogP contribution in [0.2, 0.25) is 0 Å². The van der Waals surface area contributed by atoms with Crippen LogP contribution in [-0.2, 0) is 19.3 Å². The molecule has 0 saturated carbocycles. The van der Waals surface area contributed by atoms with Crippen LogP contribution in [0.1, 0.15) is 73.7 Å². The topological polar surface area (TPSA) is 34.2 Å². The molecule has 4 nitrogen and oxygen atoms in total. The Morgan fingerprint density at radius 1 is 1.10 bits per heavy atom. The van der Waals surface area contributed by atoms with Crippen molar-refractivity contribution in [2.75, 3.05) is 13.1 Å². The van der Waals surface area contributed by atoms with Gasteiger partial charge < -0.3 is 8.98 Å². The minimum atomic E-state index is 0.183. The summed E-state index contributed by atoms with van der Waals surface area (Å²) >= 11 is 0. The lowest BCUT2D eigenvalue weighted by molar-refractivity contribution is 0.0269. The average molecular weight is 400 g/mol. The minimum Gasteiger partial charge on any atom is -0.440 e. The predicted octanol–water partition coefficient (Wildman–Crippen LogP) is 5.50. The first-order chi connectivity index (χ1) is 14.8. The number of hydrogen-bond acceptors (Lipinski definition) is 3. The Morgan fingerprint density at radius 2 is 2.00 bits per heavy atom. The van der Waals surface area contributed by atoms with Crippen LogP contribution in [0.25, 0.3) is 16.6 Å². The Balaban J connectivity index is 1.55. The number of nitrogens with zero attached hydrogens (tertiary/aromatic N) is 3. The molecule has 1 aromatic carbocycles. The summed E-state index contributed by atoms with van der Waals surface area (Å²) in [6.45, 7) is 4.79. The molecule has 2 atom stereocenters. The van der Waals surface area contributed by atoms with E-state index in [0.717, 1.165) is 30.9 Å². The van der Waals surface area contributed by atoms with Crippen LogP contribution in [0, 0.1) is 5.41 Å². The Bertz CT molecular complexity index is 1180. The molecule has 5 heterocycles. The smallest absolute Gasteiger partial charge is 0.243 e. The molecule has 3 aromatic rings. The Kier molecular flexibility index (Phi) is 3.53. The molecular formula is C26H29N3O. The van der Waals surface area contributed by atoms with E-state index in [1.165, 1.54) is 73.2 Å². The molecule has 0 amide bonds. The van der Waals surface area contributed by atoms with Gasteiger partial charge in [-0.3, -0.25) is 4.90 Å². The van der Waals surface area contributed by atoms with Crippen molar-refractivity contribution in [1.82, 2.24) is 14.5 Å². The van der Waals surface area contributed by atoms with E-state index < -0.39 is 0 Å². The van der Waals surface area contributed by atoms with Crippen molar-refractivity contribution in [2.24, 2.45) is 5.41 Å². The maximum Gasteiger partial charge on any atom is 0.243 e. The molecule has 0 unspecified atom stereocenters. The van der Waals surface area contributed by atoms with Crippen molar-refractivity contribution in [3.8, 4) is 0 Å². The van der Waals surface area contributed by atoms with E-state index >= 15 is 0 Å². The lowest BCUT2D eigenvalue weighted by atomic mass is 9.66. The first-order valence-corrected chi connectivity index (χ1v) is 11.9. The quantitative estimate of drug-likeness (QED) is 0.571.